The van der Waals surface area contributed by atoms with E-state index in [-0.39, 0.29) is 13.0 Å². The number of rotatable bonds is 4. The molecular formula is C14H21F2N3O6. The minimum Gasteiger partial charge on any atom is -0.460 e. The second-order valence-corrected chi connectivity index (χ2v) is 6.01. The number of alkyl halides is 2. The third-order valence-corrected chi connectivity index (χ3v) is 3.93. The number of nitrogens with zero attached hydrogens (tertiary/aromatic N) is 1. The average Bonchev–Trinajstić information content (AvgIpc) is 2.70. The van der Waals surface area contributed by atoms with E-state index in [1.165, 1.54) is 6.92 Å². The fourth-order valence-corrected chi connectivity index (χ4v) is 2.88. The van der Waals surface area contributed by atoms with Gasteiger partial charge < -0.3 is 25.3 Å². The van der Waals surface area contributed by atoms with Crippen molar-refractivity contribution in [2.24, 2.45) is 5.73 Å². The summed E-state index contributed by atoms with van der Waals surface area (Å²) in [4.78, 5) is 35.1. The average molecular weight is 365 g/mol. The molecule has 2 saturated heterocycles. The molecule has 142 valence electrons. The minimum atomic E-state index is -3.70. The lowest BCUT2D eigenvalue weighted by molar-refractivity contribution is -0.179. The summed E-state index contributed by atoms with van der Waals surface area (Å²) < 4.78 is 44.6. The Balaban J connectivity index is 2.28. The lowest BCUT2D eigenvalue weighted by Crippen LogP contribution is -2.61. The van der Waals surface area contributed by atoms with E-state index in [1.54, 1.807) is 0 Å². The summed E-state index contributed by atoms with van der Waals surface area (Å²) in [7, 11) is 0. The summed E-state index contributed by atoms with van der Waals surface area (Å²) in [6.45, 7) is 3.37. The highest BCUT2D eigenvalue weighted by Crippen LogP contribution is 2.42. The van der Waals surface area contributed by atoms with Crippen molar-refractivity contribution in [3.8, 4) is 0 Å². The van der Waals surface area contributed by atoms with Gasteiger partial charge in [-0.1, -0.05) is 0 Å². The summed E-state index contributed by atoms with van der Waals surface area (Å²) in [5.41, 5.74) is 5.56. The maximum absolute atomic E-state index is 14.8. The third-order valence-electron chi connectivity index (χ3n) is 3.93. The number of nitrogens with two attached hydrogens (primary N) is 1. The van der Waals surface area contributed by atoms with Crippen LogP contribution < -0.4 is 11.1 Å². The monoisotopic (exact) mass is 365 g/mol. The van der Waals surface area contributed by atoms with Crippen LogP contribution in [0.3, 0.4) is 0 Å². The van der Waals surface area contributed by atoms with E-state index in [1.807, 2.05) is 0 Å². The van der Waals surface area contributed by atoms with Gasteiger partial charge in [0.2, 0.25) is 6.23 Å². The van der Waals surface area contributed by atoms with E-state index in [0.717, 1.165) is 18.7 Å². The normalized spacial score (nSPS) is 32.7. The van der Waals surface area contributed by atoms with Gasteiger partial charge in [-0.2, -0.15) is 8.78 Å². The van der Waals surface area contributed by atoms with Crippen molar-refractivity contribution in [2.75, 3.05) is 6.54 Å². The topological polar surface area (TPSA) is 120 Å². The molecule has 2 rings (SSSR count). The van der Waals surface area contributed by atoms with Gasteiger partial charge in [0.15, 0.2) is 6.10 Å². The van der Waals surface area contributed by atoms with E-state index in [2.05, 4.69) is 5.32 Å². The van der Waals surface area contributed by atoms with Crippen LogP contribution in [0, 0.1) is 0 Å². The molecule has 0 aromatic carbocycles. The molecule has 2 aliphatic heterocycles. The fourth-order valence-electron chi connectivity index (χ4n) is 2.88. The second-order valence-electron chi connectivity index (χ2n) is 6.01. The van der Waals surface area contributed by atoms with Gasteiger partial charge in [-0.15, -0.1) is 0 Å². The molecule has 0 bridgehead atoms. The van der Waals surface area contributed by atoms with Gasteiger partial charge in [-0.3, -0.25) is 14.5 Å². The Labute approximate surface area is 142 Å². The first-order valence-electron chi connectivity index (χ1n) is 7.74. The molecule has 9 nitrogen and oxygen atoms in total. The summed E-state index contributed by atoms with van der Waals surface area (Å²) in [6.07, 6.45) is -6.94. The van der Waals surface area contributed by atoms with Gasteiger partial charge in [-0.05, 0) is 13.3 Å². The van der Waals surface area contributed by atoms with Crippen LogP contribution in [0.5, 0.6) is 0 Å². The van der Waals surface area contributed by atoms with E-state index in [4.69, 9.17) is 19.9 Å². The lowest BCUT2D eigenvalue weighted by atomic mass is 10.0. The van der Waals surface area contributed by atoms with Crippen molar-refractivity contribution in [3.63, 3.8) is 0 Å². The molecule has 2 heterocycles. The highest BCUT2D eigenvalue weighted by molar-refractivity contribution is 5.75. The number of nitrogens with one attached hydrogen (secondary N) is 1. The molecular weight excluding hydrogens is 344 g/mol. The number of carbonyl (C=O) groups is 3. The molecule has 2 amide bonds. The Morgan fingerprint density at radius 1 is 1.40 bits per heavy atom. The molecule has 3 N–H and O–H groups in total. The van der Waals surface area contributed by atoms with E-state index >= 15 is 0 Å². The van der Waals surface area contributed by atoms with Crippen molar-refractivity contribution >= 4 is 18.0 Å². The van der Waals surface area contributed by atoms with Crippen molar-refractivity contribution in [1.82, 2.24) is 10.2 Å². The highest BCUT2D eigenvalue weighted by atomic mass is 19.3. The molecule has 2 aliphatic rings. The zero-order valence-corrected chi connectivity index (χ0v) is 14.0. The predicted octanol–water partition coefficient (Wildman–Crippen LogP) is -0.0700. The number of ether oxygens (including phenoxy) is 3. The number of carbonyl (C=O) groups excluding carboxylic acids is 3. The van der Waals surface area contributed by atoms with Crippen LogP contribution in [0.4, 0.5) is 13.6 Å². The molecule has 0 radical (unpaired) electrons. The third kappa shape index (κ3) is 3.98. The molecule has 25 heavy (non-hydrogen) atoms. The number of esters is 2. The number of hydrogen-bond acceptors (Lipinski definition) is 7. The van der Waals surface area contributed by atoms with Crippen LogP contribution in [-0.4, -0.2) is 66.0 Å². The molecule has 2 fully saturated rings. The number of urea groups is 1. The maximum atomic E-state index is 14.8. The van der Waals surface area contributed by atoms with Gasteiger partial charge in [0.05, 0.1) is 6.17 Å². The Bertz CT molecular complexity index is 561. The van der Waals surface area contributed by atoms with Crippen LogP contribution in [-0.2, 0) is 23.8 Å². The Morgan fingerprint density at radius 3 is 2.56 bits per heavy atom. The minimum absolute atomic E-state index is 0.0608. The number of amides is 2. The standard InChI is InChI=1S/C14H21F2N3O6/c1-6(23-7(2)20)10-11(24-8(3)21)14(15,16)12(25-10)19-5-4-9(17)18-13(19)22/h6,9-12H,4-5,17H2,1-3H3,(H,18,22)/t6-,9?,10+,11+,12+/m0/s1. The van der Waals surface area contributed by atoms with Crippen molar-refractivity contribution in [1.29, 1.82) is 0 Å². The SMILES string of the molecule is CC(=O)O[C@@H](C)[C@H]1O[C@@H](N2CCC(N)NC2=O)C(F)(F)[C@@H]1OC(C)=O. The molecule has 0 saturated carbocycles. The summed E-state index contributed by atoms with van der Waals surface area (Å²) in [5, 5.41) is 2.33. The van der Waals surface area contributed by atoms with E-state index in [9.17, 15) is 23.2 Å². The van der Waals surface area contributed by atoms with Gasteiger partial charge in [0.25, 0.3) is 0 Å². The molecule has 5 atom stereocenters. The number of halogens is 2. The number of hydrogen-bond donors (Lipinski definition) is 2. The smallest absolute Gasteiger partial charge is 0.330 e. The van der Waals surface area contributed by atoms with Gasteiger partial charge in [0, 0.05) is 20.4 Å². The largest absolute Gasteiger partial charge is 0.460 e. The molecule has 1 unspecified atom stereocenters. The molecule has 0 aromatic heterocycles. The summed E-state index contributed by atoms with van der Waals surface area (Å²) in [5.74, 6) is -5.35. The molecule has 0 spiro atoms. The van der Waals surface area contributed by atoms with E-state index in [0.29, 0.717) is 0 Å². The first kappa shape index (κ1) is 19.3. The van der Waals surface area contributed by atoms with Crippen molar-refractivity contribution in [2.45, 2.75) is 63.8 Å². The Morgan fingerprint density at radius 2 is 2.04 bits per heavy atom. The van der Waals surface area contributed by atoms with Crippen molar-refractivity contribution < 1.29 is 37.4 Å². The molecule has 11 heteroatoms. The van der Waals surface area contributed by atoms with Crippen LogP contribution in [0.2, 0.25) is 0 Å². The predicted molar refractivity (Wildman–Crippen MR) is 78.2 cm³/mol. The van der Waals surface area contributed by atoms with Crippen LogP contribution in [0.15, 0.2) is 0 Å². The van der Waals surface area contributed by atoms with Gasteiger partial charge in [-0.25, -0.2) is 4.79 Å². The quantitative estimate of drug-likeness (QED) is 0.669. The first-order valence-corrected chi connectivity index (χ1v) is 7.74. The van der Waals surface area contributed by atoms with Crippen LogP contribution in [0.1, 0.15) is 27.2 Å². The maximum Gasteiger partial charge on any atom is 0.330 e. The zero-order valence-electron chi connectivity index (χ0n) is 14.0. The second kappa shape index (κ2) is 7.08. The fraction of sp³-hybridized carbons (Fsp3) is 0.786. The molecule has 0 aliphatic carbocycles. The Kier molecular flexibility index (Phi) is 5.47. The first-order chi connectivity index (χ1) is 11.5. The van der Waals surface area contributed by atoms with Crippen LogP contribution >= 0.6 is 0 Å². The zero-order chi connectivity index (χ0) is 18.9. The molecule has 0 aromatic rings. The summed E-state index contributed by atoms with van der Waals surface area (Å²) in [6, 6.07) is -0.814. The van der Waals surface area contributed by atoms with Gasteiger partial charge >= 0.3 is 23.9 Å². The summed E-state index contributed by atoms with van der Waals surface area (Å²) >= 11 is 0. The van der Waals surface area contributed by atoms with Crippen molar-refractivity contribution in [3.05, 3.63) is 0 Å². The van der Waals surface area contributed by atoms with E-state index < -0.39 is 54.6 Å². The van der Waals surface area contributed by atoms with Crippen LogP contribution in [0.25, 0.3) is 0 Å². The lowest BCUT2D eigenvalue weighted by Gasteiger charge is -2.36. The highest BCUT2D eigenvalue weighted by Gasteiger charge is 2.65. The Hall–Kier alpha value is -2.01. The van der Waals surface area contributed by atoms with Gasteiger partial charge in [0.1, 0.15) is 12.2 Å².